The highest BCUT2D eigenvalue weighted by Gasteiger charge is 2.55. The number of aliphatic hydroxyl groups excluding tert-OH is 10. The van der Waals surface area contributed by atoms with E-state index in [1.54, 1.807) is 0 Å². The lowest BCUT2D eigenvalue weighted by Crippen LogP contribution is -2.66. The second-order valence-corrected chi connectivity index (χ2v) is 12.7. The van der Waals surface area contributed by atoms with Crippen LogP contribution in [0.25, 0.3) is 0 Å². The molecule has 19 atom stereocenters. The molecule has 5 rings (SSSR count). The molecule has 3 heterocycles. The molecular weight excluding hydrogens is 596 g/mol. The van der Waals surface area contributed by atoms with Crippen LogP contribution < -0.4 is 0 Å². The van der Waals surface area contributed by atoms with E-state index in [4.69, 9.17) is 23.7 Å². The summed E-state index contributed by atoms with van der Waals surface area (Å²) in [6, 6.07) is 0. The third-order valence-electron chi connectivity index (χ3n) is 9.72. The van der Waals surface area contributed by atoms with E-state index in [1.807, 2.05) is 0 Å². The first kappa shape index (κ1) is 34.2. The molecule has 3 saturated heterocycles. The molecule has 0 spiro atoms. The number of hydrogen-bond donors (Lipinski definition) is 11. The lowest BCUT2D eigenvalue weighted by molar-refractivity contribution is -0.376. The summed E-state index contributed by atoms with van der Waals surface area (Å²) < 4.78 is 29.3. The maximum atomic E-state index is 11.6. The van der Waals surface area contributed by atoms with Gasteiger partial charge in [0.05, 0.1) is 49.3 Å². The molecule has 17 nitrogen and oxygen atoms in total. The standard InChI is InChI=1S/C27H44O17/c28-7-16-17(33)19(35)24(44-26-21(37)18(34)20(36)23(43-26)25(38)39)27(42-16)41-15-6-10-12(31)4-9(29)5-14(10)40-22(15)8-1-2-11(30)13(32)3-8/h8-24,26-37H,1-7H2,(H,38,39). The molecule has 0 amide bonds. The Bertz CT molecular complexity index is 973. The van der Waals surface area contributed by atoms with Gasteiger partial charge in [0.2, 0.25) is 0 Å². The van der Waals surface area contributed by atoms with Gasteiger partial charge in [-0.15, -0.1) is 0 Å². The Kier molecular flexibility index (Phi) is 10.8. The fourth-order valence-corrected chi connectivity index (χ4v) is 7.21. The van der Waals surface area contributed by atoms with Crippen LogP contribution in [0.2, 0.25) is 0 Å². The molecule has 19 unspecified atom stereocenters. The van der Waals surface area contributed by atoms with Gasteiger partial charge in [-0.25, -0.2) is 4.79 Å². The zero-order valence-corrected chi connectivity index (χ0v) is 23.8. The fourth-order valence-electron chi connectivity index (χ4n) is 7.21. The zero-order valence-electron chi connectivity index (χ0n) is 23.8. The maximum absolute atomic E-state index is 11.6. The van der Waals surface area contributed by atoms with Gasteiger partial charge < -0.3 is 79.9 Å². The van der Waals surface area contributed by atoms with Gasteiger partial charge in [0.15, 0.2) is 18.7 Å². The van der Waals surface area contributed by atoms with Gasteiger partial charge in [0.1, 0.15) is 42.7 Å². The van der Waals surface area contributed by atoms with Crippen LogP contribution in [0.1, 0.15) is 38.5 Å². The number of carboxylic acid groups (broad SMARTS) is 1. The Hall–Kier alpha value is -1.13. The van der Waals surface area contributed by atoms with Gasteiger partial charge >= 0.3 is 5.97 Å². The van der Waals surface area contributed by atoms with E-state index in [-0.39, 0.29) is 38.0 Å². The van der Waals surface area contributed by atoms with Crippen molar-refractivity contribution in [3.8, 4) is 0 Å². The Morgan fingerprint density at radius 2 is 1.41 bits per heavy atom. The summed E-state index contributed by atoms with van der Waals surface area (Å²) in [5.74, 6) is -2.50. The number of rotatable bonds is 7. The molecule has 44 heavy (non-hydrogen) atoms. The van der Waals surface area contributed by atoms with Crippen molar-refractivity contribution in [1.29, 1.82) is 0 Å². The van der Waals surface area contributed by atoms with Crippen molar-refractivity contribution in [2.24, 2.45) is 11.8 Å². The van der Waals surface area contributed by atoms with Crippen molar-refractivity contribution < 1.29 is 84.7 Å². The molecule has 254 valence electrons. The number of hydrogen-bond acceptors (Lipinski definition) is 16. The molecule has 5 fully saturated rings. The molecular formula is C27H44O17. The summed E-state index contributed by atoms with van der Waals surface area (Å²) in [4.78, 5) is 11.6. The average molecular weight is 641 g/mol. The van der Waals surface area contributed by atoms with Crippen LogP contribution in [0, 0.1) is 11.8 Å². The first-order valence-corrected chi connectivity index (χ1v) is 15.0. The second kappa shape index (κ2) is 13.9. The van der Waals surface area contributed by atoms with Crippen molar-refractivity contribution >= 4 is 5.97 Å². The number of fused-ring (bicyclic) bond motifs is 1. The lowest BCUT2D eigenvalue weighted by atomic mass is 9.72. The van der Waals surface area contributed by atoms with Crippen LogP contribution in [-0.2, 0) is 28.5 Å². The second-order valence-electron chi connectivity index (χ2n) is 12.7. The molecule has 11 N–H and O–H groups in total. The summed E-state index contributed by atoms with van der Waals surface area (Å²) in [6.45, 7) is -0.752. The minimum absolute atomic E-state index is 0.106. The summed E-state index contributed by atoms with van der Waals surface area (Å²) in [5, 5.41) is 113. The molecule has 17 heteroatoms. The third-order valence-corrected chi connectivity index (χ3v) is 9.72. The minimum atomic E-state index is -2.02. The number of carboxylic acids is 1. The highest BCUT2D eigenvalue weighted by Crippen LogP contribution is 2.43. The average Bonchev–Trinajstić information content (AvgIpc) is 2.97. The lowest BCUT2D eigenvalue weighted by Gasteiger charge is -2.51. The van der Waals surface area contributed by atoms with Crippen LogP contribution in [0.15, 0.2) is 0 Å². The van der Waals surface area contributed by atoms with Crippen molar-refractivity contribution in [3.63, 3.8) is 0 Å². The Balaban J connectivity index is 1.41. The topological polar surface area (TPSA) is 286 Å². The summed E-state index contributed by atoms with van der Waals surface area (Å²) in [5.41, 5.74) is 0. The van der Waals surface area contributed by atoms with E-state index in [0.717, 1.165) is 0 Å². The predicted octanol–water partition coefficient (Wildman–Crippen LogP) is -5.10. The fraction of sp³-hybridized carbons (Fsp3) is 0.963. The molecule has 0 bridgehead atoms. The summed E-state index contributed by atoms with van der Waals surface area (Å²) in [6.07, 6.45) is -22.8. The van der Waals surface area contributed by atoms with Crippen molar-refractivity contribution in [3.05, 3.63) is 0 Å². The number of carbonyl (C=O) groups is 1. The van der Waals surface area contributed by atoms with E-state index < -0.39 is 123 Å². The van der Waals surface area contributed by atoms with Gasteiger partial charge in [-0.3, -0.25) is 0 Å². The Labute approximate surface area is 252 Å². The first-order chi connectivity index (χ1) is 20.8. The highest BCUT2D eigenvalue weighted by atomic mass is 16.8. The largest absolute Gasteiger partial charge is 0.479 e. The van der Waals surface area contributed by atoms with Gasteiger partial charge in [-0.2, -0.15) is 0 Å². The van der Waals surface area contributed by atoms with Crippen LogP contribution in [-0.4, -0.2) is 173 Å². The predicted molar refractivity (Wildman–Crippen MR) is 139 cm³/mol. The number of ether oxygens (including phenoxy) is 5. The molecule has 0 aromatic carbocycles. The van der Waals surface area contributed by atoms with Gasteiger partial charge in [0.25, 0.3) is 0 Å². The Morgan fingerprint density at radius 1 is 0.682 bits per heavy atom. The van der Waals surface area contributed by atoms with E-state index in [0.29, 0.717) is 6.42 Å². The van der Waals surface area contributed by atoms with E-state index >= 15 is 0 Å². The normalized spacial score (nSPS) is 53.5. The van der Waals surface area contributed by atoms with Crippen LogP contribution in [0.5, 0.6) is 0 Å². The number of aliphatic hydroxyl groups is 10. The molecule has 0 aromatic rings. The van der Waals surface area contributed by atoms with E-state index in [1.165, 1.54) is 0 Å². The molecule has 2 saturated carbocycles. The summed E-state index contributed by atoms with van der Waals surface area (Å²) >= 11 is 0. The number of aliphatic carboxylic acids is 1. The van der Waals surface area contributed by atoms with E-state index in [9.17, 15) is 61.0 Å². The molecule has 0 aromatic heterocycles. The summed E-state index contributed by atoms with van der Waals surface area (Å²) in [7, 11) is 0. The minimum Gasteiger partial charge on any atom is -0.479 e. The first-order valence-electron chi connectivity index (χ1n) is 15.0. The SMILES string of the molecule is O=C(O)C1OC(OC2C(OC3CC4C(O)CC(O)CC4OC3C3CCC(O)C(O)C3)OC(CO)C(O)C2O)C(O)C(O)C1O. The zero-order chi connectivity index (χ0) is 32.0. The highest BCUT2D eigenvalue weighted by molar-refractivity contribution is 5.73. The van der Waals surface area contributed by atoms with Crippen molar-refractivity contribution in [2.75, 3.05) is 6.61 Å². The van der Waals surface area contributed by atoms with Gasteiger partial charge in [-0.05, 0) is 44.4 Å². The van der Waals surface area contributed by atoms with Crippen LogP contribution >= 0.6 is 0 Å². The molecule has 3 aliphatic heterocycles. The molecule has 0 radical (unpaired) electrons. The monoisotopic (exact) mass is 640 g/mol. The van der Waals surface area contributed by atoms with Crippen LogP contribution in [0.3, 0.4) is 0 Å². The maximum Gasteiger partial charge on any atom is 0.335 e. The smallest absolute Gasteiger partial charge is 0.335 e. The van der Waals surface area contributed by atoms with Gasteiger partial charge in [-0.1, -0.05) is 0 Å². The van der Waals surface area contributed by atoms with Crippen LogP contribution in [0.4, 0.5) is 0 Å². The molecule has 5 aliphatic rings. The quantitative estimate of drug-likeness (QED) is 0.124. The Morgan fingerprint density at radius 3 is 2.07 bits per heavy atom. The molecule has 2 aliphatic carbocycles. The van der Waals surface area contributed by atoms with Crippen molar-refractivity contribution in [2.45, 2.75) is 143 Å². The van der Waals surface area contributed by atoms with Gasteiger partial charge in [0, 0.05) is 5.92 Å². The third kappa shape index (κ3) is 6.78. The van der Waals surface area contributed by atoms with E-state index in [2.05, 4.69) is 0 Å². The van der Waals surface area contributed by atoms with Crippen molar-refractivity contribution in [1.82, 2.24) is 0 Å².